The van der Waals surface area contributed by atoms with Gasteiger partial charge in [-0.3, -0.25) is 9.59 Å². The molecule has 0 unspecified atom stereocenters. The van der Waals surface area contributed by atoms with Gasteiger partial charge >= 0.3 is 12.1 Å². The third-order valence-corrected chi connectivity index (χ3v) is 2.47. The number of hydrogen-bond donors (Lipinski definition) is 0. The van der Waals surface area contributed by atoms with E-state index in [2.05, 4.69) is 4.74 Å². The van der Waals surface area contributed by atoms with Crippen LogP contribution in [0.5, 0.6) is 0 Å². The topological polar surface area (TPSA) is 67.2 Å². The minimum absolute atomic E-state index is 0.0810. The Balaban J connectivity index is 3.33. The fourth-order valence-corrected chi connectivity index (χ4v) is 1.62. The maximum atomic E-state index is 12.8. The van der Waals surface area contributed by atoms with Gasteiger partial charge in [0.25, 0.3) is 0 Å². The van der Waals surface area contributed by atoms with Crippen molar-refractivity contribution in [3.8, 4) is 6.07 Å². The van der Waals surface area contributed by atoms with E-state index in [0.717, 1.165) is 6.07 Å². The van der Waals surface area contributed by atoms with Gasteiger partial charge in [0.05, 0.1) is 30.2 Å². The molecule has 0 saturated heterocycles. The second kappa shape index (κ2) is 6.19. The number of carbonyl (C=O) groups excluding carboxylic acids is 2. The monoisotopic (exact) mass is 285 g/mol. The molecule has 7 heteroatoms. The van der Waals surface area contributed by atoms with Gasteiger partial charge in [0.1, 0.15) is 6.29 Å². The molecule has 106 valence electrons. The molecule has 20 heavy (non-hydrogen) atoms. The SMILES string of the molecule is CCOC(=O)Cc1cc(C(F)(F)F)c(C#N)cc1C=O. The number of alkyl halides is 3. The lowest BCUT2D eigenvalue weighted by molar-refractivity contribution is -0.142. The Morgan fingerprint density at radius 2 is 2.10 bits per heavy atom. The largest absolute Gasteiger partial charge is 0.466 e. The fourth-order valence-electron chi connectivity index (χ4n) is 1.62. The summed E-state index contributed by atoms with van der Waals surface area (Å²) in [5.41, 5.74) is -2.09. The average Bonchev–Trinajstić information content (AvgIpc) is 2.37. The number of nitrogens with zero attached hydrogens (tertiary/aromatic N) is 1. The molecule has 0 aromatic heterocycles. The van der Waals surface area contributed by atoms with E-state index in [0.29, 0.717) is 12.4 Å². The predicted molar refractivity (Wildman–Crippen MR) is 61.9 cm³/mol. The van der Waals surface area contributed by atoms with Crippen LogP contribution < -0.4 is 0 Å². The van der Waals surface area contributed by atoms with E-state index in [1.54, 1.807) is 6.92 Å². The smallest absolute Gasteiger partial charge is 0.417 e. The summed E-state index contributed by atoms with van der Waals surface area (Å²) in [6, 6.07) is 2.85. The molecule has 0 aliphatic heterocycles. The first-order chi connectivity index (χ1) is 9.33. The molecule has 0 heterocycles. The number of hydrogen-bond acceptors (Lipinski definition) is 4. The molecule has 0 aliphatic rings. The van der Waals surface area contributed by atoms with Crippen LogP contribution in [-0.4, -0.2) is 18.9 Å². The van der Waals surface area contributed by atoms with Crippen molar-refractivity contribution in [2.75, 3.05) is 6.61 Å². The Kier molecular flexibility index (Phi) is 4.86. The second-order valence-corrected chi connectivity index (χ2v) is 3.81. The van der Waals surface area contributed by atoms with Crippen LogP contribution in [0.25, 0.3) is 0 Å². The first-order valence-corrected chi connectivity index (χ1v) is 5.58. The zero-order valence-corrected chi connectivity index (χ0v) is 10.5. The van der Waals surface area contributed by atoms with Gasteiger partial charge < -0.3 is 4.74 Å². The van der Waals surface area contributed by atoms with Crippen molar-refractivity contribution in [1.29, 1.82) is 5.26 Å². The molecule has 0 amide bonds. The normalized spacial score (nSPS) is 10.8. The van der Waals surface area contributed by atoms with Gasteiger partial charge in [-0.15, -0.1) is 0 Å². The average molecular weight is 285 g/mol. The molecule has 1 aromatic rings. The summed E-state index contributed by atoms with van der Waals surface area (Å²) < 4.78 is 43.0. The lowest BCUT2D eigenvalue weighted by Crippen LogP contribution is -2.13. The van der Waals surface area contributed by atoms with Crippen LogP contribution in [0.3, 0.4) is 0 Å². The van der Waals surface area contributed by atoms with Gasteiger partial charge in [-0.2, -0.15) is 18.4 Å². The molecular weight excluding hydrogens is 275 g/mol. The fraction of sp³-hybridized carbons (Fsp3) is 0.308. The van der Waals surface area contributed by atoms with Crippen molar-refractivity contribution in [3.63, 3.8) is 0 Å². The first kappa shape index (κ1) is 15.7. The van der Waals surface area contributed by atoms with E-state index < -0.39 is 29.7 Å². The van der Waals surface area contributed by atoms with Gasteiger partial charge in [0.2, 0.25) is 0 Å². The number of ether oxygens (including phenoxy) is 1. The molecule has 0 fully saturated rings. The standard InChI is InChI=1S/C13H10F3NO3/c1-2-20-12(19)5-8-4-11(13(14,15)16)9(6-17)3-10(8)7-18/h3-4,7H,2,5H2,1H3. The zero-order chi connectivity index (χ0) is 15.3. The third kappa shape index (κ3) is 3.57. The number of esters is 1. The van der Waals surface area contributed by atoms with Crippen molar-refractivity contribution in [2.45, 2.75) is 19.5 Å². The number of nitriles is 1. The summed E-state index contributed by atoms with van der Waals surface area (Å²) in [7, 11) is 0. The highest BCUT2D eigenvalue weighted by atomic mass is 19.4. The van der Waals surface area contributed by atoms with Gasteiger partial charge in [-0.1, -0.05) is 0 Å². The van der Waals surface area contributed by atoms with Crippen molar-refractivity contribution < 1.29 is 27.5 Å². The molecule has 4 nitrogen and oxygen atoms in total. The van der Waals surface area contributed by atoms with Crippen LogP contribution >= 0.6 is 0 Å². The third-order valence-electron chi connectivity index (χ3n) is 2.47. The Bertz CT molecular complexity index is 573. The highest BCUT2D eigenvalue weighted by molar-refractivity contribution is 5.83. The lowest BCUT2D eigenvalue weighted by Gasteiger charge is -2.12. The Morgan fingerprint density at radius 1 is 1.45 bits per heavy atom. The van der Waals surface area contributed by atoms with E-state index in [1.807, 2.05) is 0 Å². The van der Waals surface area contributed by atoms with Gasteiger partial charge in [0, 0.05) is 5.56 Å². The molecular formula is C13H10F3NO3. The van der Waals surface area contributed by atoms with Crippen LogP contribution in [-0.2, 0) is 22.1 Å². The summed E-state index contributed by atoms with van der Waals surface area (Å²) in [5, 5.41) is 8.70. The van der Waals surface area contributed by atoms with Crippen molar-refractivity contribution >= 4 is 12.3 Å². The second-order valence-electron chi connectivity index (χ2n) is 3.81. The molecule has 0 bridgehead atoms. The minimum atomic E-state index is -4.74. The number of halogens is 3. The van der Waals surface area contributed by atoms with Crippen LogP contribution in [0.2, 0.25) is 0 Å². The molecule has 0 N–H and O–H groups in total. The number of aldehydes is 1. The van der Waals surface area contributed by atoms with Crippen molar-refractivity contribution in [1.82, 2.24) is 0 Å². The minimum Gasteiger partial charge on any atom is -0.466 e. The van der Waals surface area contributed by atoms with Crippen LogP contribution in [0.4, 0.5) is 13.2 Å². The van der Waals surface area contributed by atoms with E-state index >= 15 is 0 Å². The van der Waals surface area contributed by atoms with E-state index in [4.69, 9.17) is 5.26 Å². The molecule has 0 atom stereocenters. The molecule has 0 radical (unpaired) electrons. The Hall–Kier alpha value is -2.36. The first-order valence-electron chi connectivity index (χ1n) is 5.58. The quantitative estimate of drug-likeness (QED) is 0.629. The highest BCUT2D eigenvalue weighted by Crippen LogP contribution is 2.33. The molecule has 0 saturated carbocycles. The summed E-state index contributed by atoms with van der Waals surface area (Å²) >= 11 is 0. The van der Waals surface area contributed by atoms with Crippen molar-refractivity contribution in [3.05, 3.63) is 34.4 Å². The maximum Gasteiger partial charge on any atom is 0.417 e. The van der Waals surface area contributed by atoms with E-state index in [1.165, 1.54) is 6.07 Å². The Labute approximate surface area is 112 Å². The molecule has 0 spiro atoms. The lowest BCUT2D eigenvalue weighted by atomic mass is 9.97. The summed E-state index contributed by atoms with van der Waals surface area (Å²) in [4.78, 5) is 22.2. The maximum absolute atomic E-state index is 12.8. The number of carbonyl (C=O) groups is 2. The van der Waals surface area contributed by atoms with Gasteiger partial charge in [0.15, 0.2) is 0 Å². The zero-order valence-electron chi connectivity index (χ0n) is 10.5. The molecule has 1 rings (SSSR count). The summed E-state index contributed by atoms with van der Waals surface area (Å²) in [6.45, 7) is 1.64. The van der Waals surface area contributed by atoms with E-state index in [9.17, 15) is 22.8 Å². The predicted octanol–water partition coefficient (Wildman–Crippen LogP) is 2.50. The van der Waals surface area contributed by atoms with Gasteiger partial charge in [-0.05, 0) is 24.6 Å². The van der Waals surface area contributed by atoms with Gasteiger partial charge in [-0.25, -0.2) is 0 Å². The Morgan fingerprint density at radius 3 is 2.55 bits per heavy atom. The van der Waals surface area contributed by atoms with Crippen LogP contribution in [0.15, 0.2) is 12.1 Å². The number of benzene rings is 1. The summed E-state index contributed by atoms with van der Waals surface area (Å²) in [6.07, 6.45) is -4.90. The highest BCUT2D eigenvalue weighted by Gasteiger charge is 2.34. The summed E-state index contributed by atoms with van der Waals surface area (Å²) in [5.74, 6) is -0.742. The van der Waals surface area contributed by atoms with Crippen molar-refractivity contribution in [2.24, 2.45) is 0 Å². The van der Waals surface area contributed by atoms with Crippen LogP contribution in [0.1, 0.15) is 34.0 Å². The molecule has 0 aliphatic carbocycles. The molecule has 1 aromatic carbocycles. The number of rotatable bonds is 4. The van der Waals surface area contributed by atoms with Crippen LogP contribution in [0, 0.1) is 11.3 Å². The van der Waals surface area contributed by atoms with E-state index in [-0.39, 0.29) is 17.7 Å².